The lowest BCUT2D eigenvalue weighted by Gasteiger charge is -2.41. The minimum atomic E-state index is -0.547. The molecule has 2 N–H and O–H groups in total. The highest BCUT2D eigenvalue weighted by Gasteiger charge is 2.40. The molecule has 0 radical (unpaired) electrons. The molecule has 192 valence electrons. The second kappa shape index (κ2) is 9.62. The van der Waals surface area contributed by atoms with Crippen LogP contribution in [0.1, 0.15) is 60.4 Å². The maximum atomic E-state index is 14.9. The zero-order chi connectivity index (χ0) is 25.5. The third-order valence-corrected chi connectivity index (χ3v) is 7.87. The molecule has 1 saturated heterocycles. The lowest BCUT2D eigenvalue weighted by atomic mass is 9.72. The van der Waals surface area contributed by atoms with Gasteiger partial charge in [0.25, 0.3) is 5.91 Å². The molecule has 3 aromatic rings. The normalized spacial score (nSPS) is 25.2. The zero-order valence-electron chi connectivity index (χ0n) is 20.6. The molecule has 2 aromatic heterocycles. The van der Waals surface area contributed by atoms with Crippen LogP contribution in [0.5, 0.6) is 0 Å². The molecule has 1 aliphatic carbocycles. The Kier molecular flexibility index (Phi) is 6.15. The van der Waals surface area contributed by atoms with Crippen LogP contribution in [0.25, 0.3) is 11.5 Å². The van der Waals surface area contributed by atoms with Crippen molar-refractivity contribution in [3.63, 3.8) is 0 Å². The number of fused-ring (bicyclic) bond motifs is 2. The number of carbonyl (C=O) groups is 2. The van der Waals surface area contributed by atoms with E-state index in [4.69, 9.17) is 0 Å². The lowest BCUT2D eigenvalue weighted by molar-refractivity contribution is -0.133. The molecule has 0 bridgehead atoms. The molecule has 1 saturated carbocycles. The fourth-order valence-corrected chi connectivity index (χ4v) is 6.09. The Bertz CT molecular complexity index is 1330. The Morgan fingerprint density at radius 2 is 2.05 bits per heavy atom. The summed E-state index contributed by atoms with van der Waals surface area (Å²) in [6.07, 6.45) is 9.50. The first-order chi connectivity index (χ1) is 18.0. The second-order valence-corrected chi connectivity index (χ2v) is 10.2. The number of amides is 2. The van der Waals surface area contributed by atoms with Crippen molar-refractivity contribution in [2.45, 2.75) is 57.7 Å². The maximum absolute atomic E-state index is 14.9. The summed E-state index contributed by atoms with van der Waals surface area (Å²) in [5.74, 6) is 0.616. The first-order valence-corrected chi connectivity index (χ1v) is 12.8. The predicted octanol–water partition coefficient (Wildman–Crippen LogP) is 2.44. The Labute approximate surface area is 213 Å². The van der Waals surface area contributed by atoms with Crippen molar-refractivity contribution in [2.75, 3.05) is 6.54 Å². The van der Waals surface area contributed by atoms with Gasteiger partial charge < -0.3 is 9.47 Å². The average Bonchev–Trinajstić information content (AvgIpc) is 3.36. The second-order valence-electron chi connectivity index (χ2n) is 10.2. The van der Waals surface area contributed by atoms with E-state index in [0.29, 0.717) is 30.3 Å². The number of carbonyl (C=O) groups excluding carboxylic acids is 2. The van der Waals surface area contributed by atoms with Crippen molar-refractivity contribution >= 4 is 11.8 Å². The quantitative estimate of drug-likeness (QED) is 0.560. The number of nitrogens with zero attached hydrogens (tertiary/aromatic N) is 6. The van der Waals surface area contributed by atoms with E-state index in [2.05, 4.69) is 31.0 Å². The van der Waals surface area contributed by atoms with Gasteiger partial charge in [-0.05, 0) is 49.8 Å². The summed E-state index contributed by atoms with van der Waals surface area (Å²) in [6.45, 7) is 2.59. The molecule has 1 aromatic carbocycles. The van der Waals surface area contributed by atoms with Gasteiger partial charge in [0, 0.05) is 30.9 Å². The van der Waals surface area contributed by atoms with Gasteiger partial charge in [-0.3, -0.25) is 20.0 Å². The SMILES string of the molecule is CC1CN(C(=O)c2cc(CC3NNC(=O)C4CCCCC34)ccc2F)Cc2nnc(-c3cnccn3)n21. The molecule has 2 aliphatic heterocycles. The van der Waals surface area contributed by atoms with Crippen molar-refractivity contribution in [1.29, 1.82) is 0 Å². The molecule has 37 heavy (non-hydrogen) atoms. The minimum Gasteiger partial charge on any atom is -0.329 e. The van der Waals surface area contributed by atoms with Crippen molar-refractivity contribution in [2.24, 2.45) is 11.8 Å². The number of nitrogens with one attached hydrogen (secondary N) is 2. The standard InChI is InChI=1S/C26H29FN8O2/c1-15-13-34(14-23-31-32-24(35(15)23)22-12-28-8-9-29-22)26(37)19-10-16(6-7-20(19)27)11-21-17-4-2-3-5-18(17)25(36)33-30-21/h6-10,12,15,17-18,21,30H,2-5,11,13-14H2,1H3,(H,33,36). The van der Waals surface area contributed by atoms with Gasteiger partial charge >= 0.3 is 0 Å². The molecular formula is C26H29FN8O2. The van der Waals surface area contributed by atoms with Gasteiger partial charge in [0.15, 0.2) is 11.6 Å². The summed E-state index contributed by atoms with van der Waals surface area (Å²) >= 11 is 0. The summed E-state index contributed by atoms with van der Waals surface area (Å²) in [4.78, 5) is 35.8. The average molecular weight is 505 g/mol. The lowest BCUT2D eigenvalue weighted by Crippen LogP contribution is -2.60. The number of hydrogen-bond donors (Lipinski definition) is 2. The van der Waals surface area contributed by atoms with Crippen LogP contribution in [-0.2, 0) is 17.8 Å². The zero-order valence-corrected chi connectivity index (χ0v) is 20.6. The minimum absolute atomic E-state index is 0.0143. The predicted molar refractivity (Wildman–Crippen MR) is 131 cm³/mol. The molecule has 10 nitrogen and oxygen atoms in total. The van der Waals surface area contributed by atoms with Crippen molar-refractivity contribution in [3.05, 3.63) is 59.6 Å². The number of hydrazine groups is 1. The van der Waals surface area contributed by atoms with Crippen LogP contribution in [-0.4, -0.2) is 54.0 Å². The third kappa shape index (κ3) is 4.37. The topological polar surface area (TPSA) is 118 Å². The third-order valence-electron chi connectivity index (χ3n) is 7.87. The first kappa shape index (κ1) is 23.7. The first-order valence-electron chi connectivity index (χ1n) is 12.8. The maximum Gasteiger partial charge on any atom is 0.257 e. The highest BCUT2D eigenvalue weighted by molar-refractivity contribution is 5.94. The molecule has 11 heteroatoms. The summed E-state index contributed by atoms with van der Waals surface area (Å²) < 4.78 is 16.9. The van der Waals surface area contributed by atoms with Gasteiger partial charge in [-0.2, -0.15) is 0 Å². The Balaban J connectivity index is 1.21. The molecule has 4 unspecified atom stereocenters. The van der Waals surface area contributed by atoms with Crippen LogP contribution in [0.15, 0.2) is 36.8 Å². The van der Waals surface area contributed by atoms with E-state index in [0.717, 1.165) is 31.2 Å². The fourth-order valence-electron chi connectivity index (χ4n) is 6.09. The number of aromatic nitrogens is 5. The van der Waals surface area contributed by atoms with Crippen molar-refractivity contribution in [1.82, 2.24) is 40.5 Å². The summed E-state index contributed by atoms with van der Waals surface area (Å²) in [5.41, 5.74) is 7.50. The summed E-state index contributed by atoms with van der Waals surface area (Å²) in [6, 6.07) is 4.67. The van der Waals surface area contributed by atoms with E-state index in [-0.39, 0.29) is 47.8 Å². The Morgan fingerprint density at radius 3 is 2.89 bits per heavy atom. The Morgan fingerprint density at radius 1 is 1.19 bits per heavy atom. The highest BCUT2D eigenvalue weighted by Crippen LogP contribution is 2.35. The molecule has 4 atom stereocenters. The van der Waals surface area contributed by atoms with Gasteiger partial charge in [0.2, 0.25) is 5.91 Å². The van der Waals surface area contributed by atoms with Crippen molar-refractivity contribution < 1.29 is 14.0 Å². The summed E-state index contributed by atoms with van der Waals surface area (Å²) in [7, 11) is 0. The van der Waals surface area contributed by atoms with Gasteiger partial charge in [-0.1, -0.05) is 18.9 Å². The van der Waals surface area contributed by atoms with Gasteiger partial charge in [-0.15, -0.1) is 10.2 Å². The van der Waals surface area contributed by atoms with Crippen LogP contribution in [0.3, 0.4) is 0 Å². The molecule has 2 fully saturated rings. The molecular weight excluding hydrogens is 475 g/mol. The van der Waals surface area contributed by atoms with E-state index < -0.39 is 5.82 Å². The molecule has 3 aliphatic rings. The van der Waals surface area contributed by atoms with Crippen LogP contribution >= 0.6 is 0 Å². The number of benzene rings is 1. The van der Waals surface area contributed by atoms with E-state index >= 15 is 0 Å². The van der Waals surface area contributed by atoms with Crippen LogP contribution in [0.2, 0.25) is 0 Å². The Hall–Kier alpha value is -3.73. The smallest absolute Gasteiger partial charge is 0.257 e. The summed E-state index contributed by atoms with van der Waals surface area (Å²) in [5, 5.41) is 8.57. The van der Waals surface area contributed by atoms with Crippen molar-refractivity contribution in [3.8, 4) is 11.5 Å². The number of rotatable bonds is 4. The van der Waals surface area contributed by atoms with E-state index in [9.17, 15) is 14.0 Å². The molecule has 4 heterocycles. The molecule has 6 rings (SSSR count). The van der Waals surface area contributed by atoms with Gasteiger partial charge in [0.1, 0.15) is 11.5 Å². The van der Waals surface area contributed by atoms with Crippen LogP contribution < -0.4 is 10.9 Å². The fraction of sp³-hybridized carbons (Fsp3) is 0.462. The van der Waals surface area contributed by atoms with E-state index in [1.165, 1.54) is 6.07 Å². The van der Waals surface area contributed by atoms with Gasteiger partial charge in [-0.25, -0.2) is 14.8 Å². The monoisotopic (exact) mass is 504 g/mol. The van der Waals surface area contributed by atoms with Gasteiger partial charge in [0.05, 0.1) is 24.3 Å². The van der Waals surface area contributed by atoms with E-state index in [1.807, 2.05) is 11.5 Å². The largest absolute Gasteiger partial charge is 0.329 e. The van der Waals surface area contributed by atoms with E-state index in [1.54, 1.807) is 35.6 Å². The highest BCUT2D eigenvalue weighted by atomic mass is 19.1. The molecule has 2 amide bonds. The number of hydrogen-bond acceptors (Lipinski definition) is 7. The van der Waals surface area contributed by atoms with Crippen LogP contribution in [0, 0.1) is 17.7 Å². The van der Waals surface area contributed by atoms with Crippen LogP contribution in [0.4, 0.5) is 4.39 Å². The number of halogens is 1. The molecule has 0 spiro atoms.